The summed E-state index contributed by atoms with van der Waals surface area (Å²) in [5, 5.41) is 9.67. The standard InChI is InChI=1S/C60H105NO7/c1-6-8-10-12-14-16-18-20-22-24-26-28-30-32-34-36-38-40-42-44-46-48-50-58(62)67-55-56(54-66-53-52-57(60(64)65)61(3,4)5)68-59(63)51-49-47-45-43-41-39-37-35-33-31-29-27-25-23-21-19-17-15-13-11-9-7-2/h9,11,15,17,21,23-24,26-27,29-30,32,56-57H,6-8,10,12-14,16,18-20,22,25,28,31,33-55H2,1-5H3/p+1/b11-9+,17-15+,23-21+,26-24+,29-27+,32-30+. The molecule has 0 aromatic heterocycles. The highest BCUT2D eigenvalue weighted by Crippen LogP contribution is 2.15. The van der Waals surface area contributed by atoms with Gasteiger partial charge in [0.1, 0.15) is 6.61 Å². The Labute approximate surface area is 419 Å². The molecule has 0 aliphatic rings. The predicted molar refractivity (Wildman–Crippen MR) is 289 cm³/mol. The van der Waals surface area contributed by atoms with Crippen LogP contribution in [0.1, 0.15) is 239 Å². The van der Waals surface area contributed by atoms with E-state index in [4.69, 9.17) is 14.2 Å². The van der Waals surface area contributed by atoms with E-state index in [2.05, 4.69) is 86.8 Å². The van der Waals surface area contributed by atoms with E-state index in [1.54, 1.807) is 0 Å². The van der Waals surface area contributed by atoms with Gasteiger partial charge in [-0.05, 0) is 83.5 Å². The van der Waals surface area contributed by atoms with Crippen molar-refractivity contribution in [3.05, 3.63) is 72.9 Å². The maximum Gasteiger partial charge on any atom is 0.362 e. The number of unbranched alkanes of at least 4 members (excludes halogenated alkanes) is 24. The van der Waals surface area contributed by atoms with Gasteiger partial charge in [-0.1, -0.05) is 209 Å². The molecule has 0 aromatic carbocycles. The average Bonchev–Trinajstić information content (AvgIpc) is 3.30. The van der Waals surface area contributed by atoms with Gasteiger partial charge in [0, 0.05) is 19.3 Å². The molecular weight excluding hydrogens is 847 g/mol. The summed E-state index contributed by atoms with van der Waals surface area (Å²) in [5.74, 6) is -1.48. The van der Waals surface area contributed by atoms with E-state index < -0.39 is 18.1 Å². The second-order valence-corrected chi connectivity index (χ2v) is 19.8. The molecule has 0 spiro atoms. The van der Waals surface area contributed by atoms with Crippen molar-refractivity contribution < 1.29 is 38.2 Å². The van der Waals surface area contributed by atoms with E-state index >= 15 is 0 Å². The normalized spacial score (nSPS) is 13.4. The van der Waals surface area contributed by atoms with Gasteiger partial charge in [-0.25, -0.2) is 4.79 Å². The van der Waals surface area contributed by atoms with E-state index in [1.165, 1.54) is 122 Å². The van der Waals surface area contributed by atoms with Gasteiger partial charge >= 0.3 is 17.9 Å². The van der Waals surface area contributed by atoms with E-state index in [9.17, 15) is 19.5 Å². The minimum absolute atomic E-state index is 0.0538. The molecule has 0 saturated carbocycles. The van der Waals surface area contributed by atoms with Gasteiger partial charge in [0.2, 0.25) is 0 Å². The summed E-state index contributed by atoms with van der Waals surface area (Å²) < 4.78 is 17.4. The van der Waals surface area contributed by atoms with Crippen LogP contribution in [0.5, 0.6) is 0 Å². The number of carboxylic acids is 1. The molecule has 0 aromatic rings. The zero-order valence-corrected chi connectivity index (χ0v) is 44.8. The lowest BCUT2D eigenvalue weighted by Gasteiger charge is -2.31. The minimum Gasteiger partial charge on any atom is -0.477 e. The number of allylic oxidation sites excluding steroid dienone is 12. The Hall–Kier alpha value is -3.23. The lowest BCUT2D eigenvalue weighted by atomic mass is 10.1. The van der Waals surface area contributed by atoms with E-state index in [0.29, 0.717) is 19.3 Å². The quantitative estimate of drug-likeness (QED) is 0.0281. The maximum absolute atomic E-state index is 12.8. The first-order valence-corrected chi connectivity index (χ1v) is 28.0. The SMILES string of the molecule is CC/C=C/C/C=C/C/C=C/C/C=C/CCCCCCCCCCCC(=O)OC(COCCC(C(=O)O)[N+](C)(C)C)COC(=O)CCCCCCCCC/C=C/C/C=C/CCCCCCCCCC. The number of hydrogen-bond donors (Lipinski definition) is 1. The number of esters is 2. The highest BCUT2D eigenvalue weighted by molar-refractivity contribution is 5.72. The third kappa shape index (κ3) is 47.8. The molecule has 1 N–H and O–H groups in total. The number of carboxylic acid groups (broad SMARTS) is 1. The fraction of sp³-hybridized carbons (Fsp3) is 0.750. The molecule has 8 nitrogen and oxygen atoms in total. The number of carbonyl (C=O) groups is 3. The number of nitrogens with zero attached hydrogens (tertiary/aromatic N) is 1. The molecule has 392 valence electrons. The van der Waals surface area contributed by atoms with Crippen molar-refractivity contribution in [2.45, 2.75) is 251 Å². The molecule has 2 unspecified atom stereocenters. The van der Waals surface area contributed by atoms with Crippen LogP contribution in [0.25, 0.3) is 0 Å². The van der Waals surface area contributed by atoms with Crippen LogP contribution in [0.15, 0.2) is 72.9 Å². The van der Waals surface area contributed by atoms with Crippen LogP contribution < -0.4 is 0 Å². The van der Waals surface area contributed by atoms with Gasteiger partial charge in [0.15, 0.2) is 12.1 Å². The van der Waals surface area contributed by atoms with Crippen molar-refractivity contribution in [2.24, 2.45) is 0 Å². The molecule has 0 aliphatic carbocycles. The van der Waals surface area contributed by atoms with Gasteiger partial charge < -0.3 is 23.8 Å². The van der Waals surface area contributed by atoms with Crippen molar-refractivity contribution in [2.75, 3.05) is 41.0 Å². The highest BCUT2D eigenvalue weighted by atomic mass is 16.6. The number of rotatable bonds is 50. The van der Waals surface area contributed by atoms with Crippen molar-refractivity contribution in [1.29, 1.82) is 0 Å². The summed E-state index contributed by atoms with van der Waals surface area (Å²) in [5.41, 5.74) is 0. The molecule has 0 saturated heterocycles. The van der Waals surface area contributed by atoms with Crippen LogP contribution in [0, 0.1) is 0 Å². The smallest absolute Gasteiger partial charge is 0.362 e. The number of hydrogen-bond acceptors (Lipinski definition) is 6. The molecule has 0 fully saturated rings. The van der Waals surface area contributed by atoms with Crippen molar-refractivity contribution in [3.8, 4) is 0 Å². The summed E-state index contributed by atoms with van der Waals surface area (Å²) in [4.78, 5) is 37.3. The number of carbonyl (C=O) groups excluding carboxylic acids is 2. The molecule has 2 atom stereocenters. The molecule has 0 rings (SSSR count). The Bertz CT molecular complexity index is 1340. The number of quaternary nitrogens is 1. The average molecular weight is 954 g/mol. The summed E-state index contributed by atoms with van der Waals surface area (Å²) >= 11 is 0. The maximum atomic E-state index is 12.8. The zero-order valence-electron chi connectivity index (χ0n) is 44.8. The minimum atomic E-state index is -0.877. The molecule has 0 amide bonds. The molecule has 0 heterocycles. The molecule has 0 radical (unpaired) electrons. The van der Waals surface area contributed by atoms with Crippen LogP contribution in [0.2, 0.25) is 0 Å². The molecule has 0 aliphatic heterocycles. The summed E-state index contributed by atoms with van der Waals surface area (Å²) in [7, 11) is 5.53. The number of likely N-dealkylation sites (N-methyl/N-ethyl adjacent to an activating group) is 1. The van der Waals surface area contributed by atoms with Crippen LogP contribution in [-0.2, 0) is 28.6 Å². The van der Waals surface area contributed by atoms with Gasteiger partial charge in [0.05, 0.1) is 34.4 Å². The highest BCUT2D eigenvalue weighted by Gasteiger charge is 2.31. The number of ether oxygens (including phenoxy) is 3. The lowest BCUT2D eigenvalue weighted by molar-refractivity contribution is -0.887. The van der Waals surface area contributed by atoms with Crippen LogP contribution >= 0.6 is 0 Å². The lowest BCUT2D eigenvalue weighted by Crippen LogP contribution is -2.50. The Balaban J connectivity index is 4.23. The monoisotopic (exact) mass is 953 g/mol. The first kappa shape index (κ1) is 64.8. The summed E-state index contributed by atoms with van der Waals surface area (Å²) in [6.45, 7) is 4.63. The van der Waals surface area contributed by atoms with Gasteiger partial charge in [-0.3, -0.25) is 9.59 Å². The fourth-order valence-electron chi connectivity index (χ4n) is 8.06. The second-order valence-electron chi connectivity index (χ2n) is 19.8. The van der Waals surface area contributed by atoms with Gasteiger partial charge in [0.25, 0.3) is 0 Å². The molecule has 8 heteroatoms. The van der Waals surface area contributed by atoms with E-state index in [1.807, 2.05) is 21.1 Å². The third-order valence-electron chi connectivity index (χ3n) is 12.3. The van der Waals surface area contributed by atoms with Crippen LogP contribution in [0.3, 0.4) is 0 Å². The fourth-order valence-corrected chi connectivity index (χ4v) is 8.06. The Morgan fingerprint density at radius 1 is 0.456 bits per heavy atom. The van der Waals surface area contributed by atoms with Crippen LogP contribution in [0.4, 0.5) is 0 Å². The topological polar surface area (TPSA) is 99.1 Å². The van der Waals surface area contributed by atoms with Crippen LogP contribution in [-0.4, -0.2) is 80.6 Å². The Kier molecular flexibility index (Phi) is 47.8. The molecular formula is C60H106NO7+. The van der Waals surface area contributed by atoms with Crippen molar-refractivity contribution >= 4 is 17.9 Å². The predicted octanol–water partition coefficient (Wildman–Crippen LogP) is 16.6. The first-order chi connectivity index (χ1) is 33.1. The summed E-state index contributed by atoms with van der Waals surface area (Å²) in [6, 6.07) is -0.621. The largest absolute Gasteiger partial charge is 0.477 e. The molecule has 0 bridgehead atoms. The van der Waals surface area contributed by atoms with Crippen molar-refractivity contribution in [3.63, 3.8) is 0 Å². The van der Waals surface area contributed by atoms with Gasteiger partial charge in [-0.2, -0.15) is 0 Å². The molecule has 68 heavy (non-hydrogen) atoms. The Morgan fingerprint density at radius 3 is 1.22 bits per heavy atom. The Morgan fingerprint density at radius 2 is 0.824 bits per heavy atom. The van der Waals surface area contributed by atoms with Crippen molar-refractivity contribution in [1.82, 2.24) is 0 Å². The van der Waals surface area contributed by atoms with E-state index in [0.717, 1.165) is 83.5 Å². The van der Waals surface area contributed by atoms with Gasteiger partial charge in [-0.15, -0.1) is 0 Å². The number of aliphatic carboxylic acids is 1. The zero-order chi connectivity index (χ0) is 49.9. The first-order valence-electron chi connectivity index (χ1n) is 28.0. The third-order valence-corrected chi connectivity index (χ3v) is 12.3. The van der Waals surface area contributed by atoms with E-state index in [-0.39, 0.29) is 36.2 Å². The summed E-state index contributed by atoms with van der Waals surface area (Å²) in [6.07, 6.45) is 65.3. The second kappa shape index (κ2) is 50.2.